The largest absolute Gasteiger partial charge is 0.324 e. The van der Waals surface area contributed by atoms with Gasteiger partial charge in [-0.3, -0.25) is 19.6 Å². The molecule has 7 nitrogen and oxygen atoms in total. The van der Waals surface area contributed by atoms with Gasteiger partial charge in [0.2, 0.25) is 5.91 Å². The van der Waals surface area contributed by atoms with E-state index in [0.29, 0.717) is 21.4 Å². The van der Waals surface area contributed by atoms with Crippen molar-refractivity contribution in [3.05, 3.63) is 50.2 Å². The van der Waals surface area contributed by atoms with Crippen LogP contribution in [0.5, 0.6) is 0 Å². The predicted octanol–water partition coefficient (Wildman–Crippen LogP) is 3.05. The van der Waals surface area contributed by atoms with Crippen molar-refractivity contribution >= 4 is 40.5 Å². The SMILES string of the molecule is Cc1c([N+](=O)[O-])cnn1CC(=O)Nc1ccc(Cl)c(Cl)c1. The van der Waals surface area contributed by atoms with Crippen molar-refractivity contribution < 1.29 is 9.72 Å². The molecule has 1 heterocycles. The van der Waals surface area contributed by atoms with Crippen LogP contribution in [0.1, 0.15) is 5.69 Å². The number of nitro groups is 1. The highest BCUT2D eigenvalue weighted by atomic mass is 35.5. The van der Waals surface area contributed by atoms with E-state index in [1.807, 2.05) is 0 Å². The lowest BCUT2D eigenvalue weighted by Gasteiger charge is -2.07. The highest BCUT2D eigenvalue weighted by Crippen LogP contribution is 2.25. The third kappa shape index (κ3) is 3.50. The first kappa shape index (κ1) is 15.3. The number of nitrogens with zero attached hydrogens (tertiary/aromatic N) is 3. The molecule has 0 spiro atoms. The van der Waals surface area contributed by atoms with Crippen LogP contribution in [-0.2, 0) is 11.3 Å². The summed E-state index contributed by atoms with van der Waals surface area (Å²) in [7, 11) is 0. The van der Waals surface area contributed by atoms with Gasteiger partial charge in [-0.15, -0.1) is 0 Å². The molecule has 2 aromatic rings. The molecule has 0 radical (unpaired) electrons. The normalized spacial score (nSPS) is 10.4. The monoisotopic (exact) mass is 328 g/mol. The first-order chi connectivity index (χ1) is 9.88. The van der Waals surface area contributed by atoms with Gasteiger partial charge in [-0.1, -0.05) is 23.2 Å². The van der Waals surface area contributed by atoms with Gasteiger partial charge in [0.1, 0.15) is 18.4 Å². The van der Waals surface area contributed by atoms with Gasteiger partial charge >= 0.3 is 5.69 Å². The average Bonchev–Trinajstić information content (AvgIpc) is 2.75. The molecule has 0 aliphatic rings. The summed E-state index contributed by atoms with van der Waals surface area (Å²) >= 11 is 11.6. The molecule has 0 unspecified atom stereocenters. The molecule has 0 atom stereocenters. The number of rotatable bonds is 4. The van der Waals surface area contributed by atoms with Crippen LogP contribution in [-0.4, -0.2) is 20.6 Å². The lowest BCUT2D eigenvalue weighted by Crippen LogP contribution is -2.20. The maximum absolute atomic E-state index is 11.9. The summed E-state index contributed by atoms with van der Waals surface area (Å²) in [4.78, 5) is 22.1. The Morgan fingerprint density at radius 1 is 1.43 bits per heavy atom. The van der Waals surface area contributed by atoms with Crippen LogP contribution in [0.2, 0.25) is 10.0 Å². The maximum Gasteiger partial charge on any atom is 0.309 e. The molecular weight excluding hydrogens is 319 g/mol. The smallest absolute Gasteiger partial charge is 0.309 e. The summed E-state index contributed by atoms with van der Waals surface area (Å²) < 4.78 is 1.25. The molecule has 110 valence electrons. The fourth-order valence-corrected chi connectivity index (χ4v) is 1.98. The molecule has 1 aromatic heterocycles. The van der Waals surface area contributed by atoms with Crippen LogP contribution in [0.25, 0.3) is 0 Å². The quantitative estimate of drug-likeness (QED) is 0.689. The van der Waals surface area contributed by atoms with E-state index in [0.717, 1.165) is 6.20 Å². The Balaban J connectivity index is 2.08. The maximum atomic E-state index is 11.9. The number of hydrogen-bond donors (Lipinski definition) is 1. The van der Waals surface area contributed by atoms with E-state index < -0.39 is 4.92 Å². The minimum Gasteiger partial charge on any atom is -0.324 e. The average molecular weight is 329 g/mol. The van der Waals surface area contributed by atoms with Gasteiger partial charge in [-0.2, -0.15) is 5.10 Å². The fraction of sp³-hybridized carbons (Fsp3) is 0.167. The van der Waals surface area contributed by atoms with E-state index in [9.17, 15) is 14.9 Å². The zero-order valence-corrected chi connectivity index (χ0v) is 12.4. The van der Waals surface area contributed by atoms with Gasteiger partial charge in [0, 0.05) is 5.69 Å². The Hall–Kier alpha value is -2.12. The lowest BCUT2D eigenvalue weighted by atomic mass is 10.3. The van der Waals surface area contributed by atoms with Gasteiger partial charge in [-0.05, 0) is 25.1 Å². The van der Waals surface area contributed by atoms with E-state index in [1.54, 1.807) is 12.1 Å². The summed E-state index contributed by atoms with van der Waals surface area (Å²) in [6, 6.07) is 4.67. The Bertz CT molecular complexity index is 715. The third-order valence-corrected chi connectivity index (χ3v) is 3.51. The minimum atomic E-state index is -0.546. The van der Waals surface area contributed by atoms with Gasteiger partial charge in [0.25, 0.3) is 0 Å². The van der Waals surface area contributed by atoms with Gasteiger partial charge in [-0.25, -0.2) is 0 Å². The zero-order valence-electron chi connectivity index (χ0n) is 10.8. The minimum absolute atomic E-state index is 0.127. The van der Waals surface area contributed by atoms with Crippen LogP contribution < -0.4 is 5.32 Å². The second-order valence-corrected chi connectivity index (χ2v) is 5.02. The fourth-order valence-electron chi connectivity index (χ4n) is 1.69. The van der Waals surface area contributed by atoms with Crippen molar-refractivity contribution in [3.63, 3.8) is 0 Å². The van der Waals surface area contributed by atoms with E-state index in [4.69, 9.17) is 23.2 Å². The van der Waals surface area contributed by atoms with Crippen LogP contribution in [0.4, 0.5) is 11.4 Å². The summed E-state index contributed by atoms with van der Waals surface area (Å²) in [5, 5.41) is 17.8. The van der Waals surface area contributed by atoms with Crippen LogP contribution in [0, 0.1) is 17.0 Å². The van der Waals surface area contributed by atoms with E-state index in [1.165, 1.54) is 17.7 Å². The predicted molar refractivity (Wildman–Crippen MR) is 78.7 cm³/mol. The molecule has 0 saturated heterocycles. The lowest BCUT2D eigenvalue weighted by molar-refractivity contribution is -0.385. The Morgan fingerprint density at radius 2 is 2.14 bits per heavy atom. The molecule has 0 aliphatic carbocycles. The zero-order chi connectivity index (χ0) is 15.6. The first-order valence-electron chi connectivity index (χ1n) is 5.80. The second-order valence-electron chi connectivity index (χ2n) is 4.21. The second kappa shape index (κ2) is 6.11. The van der Waals surface area contributed by atoms with Crippen molar-refractivity contribution in [2.24, 2.45) is 0 Å². The molecule has 1 aromatic carbocycles. The summed E-state index contributed by atoms with van der Waals surface area (Å²) in [5.74, 6) is -0.380. The van der Waals surface area contributed by atoms with Crippen molar-refractivity contribution in [1.29, 1.82) is 0 Å². The van der Waals surface area contributed by atoms with Gasteiger partial charge in [0.05, 0.1) is 15.0 Å². The summed E-state index contributed by atoms with van der Waals surface area (Å²) in [6.45, 7) is 1.39. The topological polar surface area (TPSA) is 90.1 Å². The summed E-state index contributed by atoms with van der Waals surface area (Å²) in [6.07, 6.45) is 1.11. The number of carbonyl (C=O) groups is 1. The molecule has 0 bridgehead atoms. The van der Waals surface area contributed by atoms with Crippen molar-refractivity contribution in [2.45, 2.75) is 13.5 Å². The number of halogens is 2. The van der Waals surface area contributed by atoms with Gasteiger partial charge < -0.3 is 5.32 Å². The molecule has 0 fully saturated rings. The highest BCUT2D eigenvalue weighted by Gasteiger charge is 2.17. The number of carbonyl (C=O) groups excluding carboxylic acids is 1. The molecule has 1 amide bonds. The van der Waals surface area contributed by atoms with E-state index in [-0.39, 0.29) is 18.1 Å². The number of hydrogen-bond acceptors (Lipinski definition) is 4. The van der Waals surface area contributed by atoms with E-state index >= 15 is 0 Å². The molecule has 0 aliphatic heterocycles. The van der Waals surface area contributed by atoms with Crippen LogP contribution in [0.3, 0.4) is 0 Å². The number of benzene rings is 1. The molecular formula is C12H10Cl2N4O3. The van der Waals surface area contributed by atoms with E-state index in [2.05, 4.69) is 10.4 Å². The molecule has 1 N–H and O–H groups in total. The number of amides is 1. The Morgan fingerprint density at radius 3 is 2.71 bits per heavy atom. The molecule has 2 rings (SSSR count). The number of anilines is 1. The third-order valence-electron chi connectivity index (χ3n) is 2.77. The molecule has 9 heteroatoms. The van der Waals surface area contributed by atoms with Crippen molar-refractivity contribution in [3.8, 4) is 0 Å². The van der Waals surface area contributed by atoms with Crippen LogP contribution in [0.15, 0.2) is 24.4 Å². The van der Waals surface area contributed by atoms with Gasteiger partial charge in [0.15, 0.2) is 0 Å². The van der Waals surface area contributed by atoms with Crippen LogP contribution >= 0.6 is 23.2 Å². The molecule has 0 saturated carbocycles. The Labute approximate surface area is 129 Å². The van der Waals surface area contributed by atoms with Crippen molar-refractivity contribution in [2.75, 3.05) is 5.32 Å². The van der Waals surface area contributed by atoms with Crippen molar-refractivity contribution in [1.82, 2.24) is 9.78 Å². The standard InChI is InChI=1S/C12H10Cl2N4O3/c1-7-11(18(20)21)5-15-17(7)6-12(19)16-8-2-3-9(13)10(14)4-8/h2-5H,6H2,1H3,(H,16,19). The highest BCUT2D eigenvalue weighted by molar-refractivity contribution is 6.42. The number of aromatic nitrogens is 2. The summed E-state index contributed by atoms with van der Waals surface area (Å²) in [5.41, 5.74) is 0.662. The number of nitrogens with one attached hydrogen (secondary N) is 1. The molecule has 21 heavy (non-hydrogen) atoms. The first-order valence-corrected chi connectivity index (χ1v) is 6.56. The Kier molecular flexibility index (Phi) is 4.44.